The molecule has 0 aliphatic heterocycles. The zero-order chi connectivity index (χ0) is 10.8. The zero-order valence-electron chi connectivity index (χ0n) is 8.23. The van der Waals surface area contributed by atoms with Gasteiger partial charge in [-0.2, -0.15) is 0 Å². The monoisotopic (exact) mass is 218 g/mol. The number of nitrogen functional groups attached to an aromatic ring is 1. The Bertz CT molecular complexity index is 488. The van der Waals surface area contributed by atoms with Crippen molar-refractivity contribution in [3.8, 4) is 11.3 Å². The van der Waals surface area contributed by atoms with E-state index in [2.05, 4.69) is 4.98 Å². The summed E-state index contributed by atoms with van der Waals surface area (Å²) in [5, 5.41) is 2.46. The van der Waals surface area contributed by atoms with Crippen LogP contribution in [0.15, 0.2) is 29.6 Å². The number of aromatic nitrogens is 1. The number of nitrogens with two attached hydrogens (primary N) is 1. The van der Waals surface area contributed by atoms with Crippen LogP contribution in [0, 0.1) is 0 Å². The molecule has 1 aromatic heterocycles. The Morgan fingerprint density at radius 1 is 1.33 bits per heavy atom. The molecule has 0 aliphatic rings. The molecule has 76 valence electrons. The molecule has 1 aromatic carbocycles. The highest BCUT2D eigenvalue weighted by Crippen LogP contribution is 2.23. The Balaban J connectivity index is 2.35. The molecule has 0 aliphatic carbocycles. The van der Waals surface area contributed by atoms with Crippen LogP contribution >= 0.6 is 11.3 Å². The molecule has 0 radical (unpaired) electrons. The van der Waals surface area contributed by atoms with Gasteiger partial charge in [0.1, 0.15) is 0 Å². The second-order valence-corrected chi connectivity index (χ2v) is 4.09. The number of hydrogen-bond acceptors (Lipinski definition) is 4. The second kappa shape index (κ2) is 3.82. The van der Waals surface area contributed by atoms with Crippen LogP contribution in [0.3, 0.4) is 0 Å². The number of nitrogens with zero attached hydrogens (tertiary/aromatic N) is 1. The van der Waals surface area contributed by atoms with Crippen molar-refractivity contribution in [3.63, 3.8) is 0 Å². The lowest BCUT2D eigenvalue weighted by Gasteiger charge is -1.98. The molecular weight excluding hydrogens is 208 g/mol. The van der Waals surface area contributed by atoms with Gasteiger partial charge in [0.25, 0.3) is 0 Å². The Labute approximate surface area is 91.6 Å². The molecule has 0 fully saturated rings. The van der Waals surface area contributed by atoms with E-state index in [9.17, 15) is 4.79 Å². The number of hydrogen-bond donors (Lipinski definition) is 1. The van der Waals surface area contributed by atoms with Crippen LogP contribution in [0.4, 0.5) is 5.13 Å². The summed E-state index contributed by atoms with van der Waals surface area (Å²) in [7, 11) is 0. The van der Waals surface area contributed by atoms with Crippen LogP contribution in [-0.2, 0) is 0 Å². The van der Waals surface area contributed by atoms with Crippen molar-refractivity contribution in [2.75, 3.05) is 5.73 Å². The zero-order valence-corrected chi connectivity index (χ0v) is 9.04. The van der Waals surface area contributed by atoms with Crippen LogP contribution < -0.4 is 5.73 Å². The van der Waals surface area contributed by atoms with Gasteiger partial charge in [0, 0.05) is 16.5 Å². The molecule has 15 heavy (non-hydrogen) atoms. The fraction of sp³-hybridized carbons (Fsp3) is 0.0909. The Kier molecular flexibility index (Phi) is 2.51. The lowest BCUT2D eigenvalue weighted by Crippen LogP contribution is -1.91. The van der Waals surface area contributed by atoms with E-state index in [1.165, 1.54) is 11.3 Å². The third-order valence-corrected chi connectivity index (χ3v) is 2.78. The van der Waals surface area contributed by atoms with Crippen molar-refractivity contribution in [2.45, 2.75) is 6.92 Å². The minimum Gasteiger partial charge on any atom is -0.375 e. The minimum atomic E-state index is 0.0688. The summed E-state index contributed by atoms with van der Waals surface area (Å²) in [6.45, 7) is 1.55. The van der Waals surface area contributed by atoms with E-state index < -0.39 is 0 Å². The van der Waals surface area contributed by atoms with E-state index in [1.54, 1.807) is 19.1 Å². The third-order valence-electron chi connectivity index (χ3n) is 2.11. The summed E-state index contributed by atoms with van der Waals surface area (Å²) in [6, 6.07) is 7.36. The number of ketones is 1. The van der Waals surface area contributed by atoms with E-state index >= 15 is 0 Å². The maximum Gasteiger partial charge on any atom is 0.180 e. The average molecular weight is 218 g/mol. The van der Waals surface area contributed by atoms with Crippen molar-refractivity contribution in [1.82, 2.24) is 4.98 Å². The average Bonchev–Trinajstić information content (AvgIpc) is 2.65. The van der Waals surface area contributed by atoms with Crippen LogP contribution in [0.2, 0.25) is 0 Å². The van der Waals surface area contributed by atoms with E-state index in [4.69, 9.17) is 5.73 Å². The van der Waals surface area contributed by atoms with E-state index in [1.807, 2.05) is 17.5 Å². The minimum absolute atomic E-state index is 0.0688. The largest absolute Gasteiger partial charge is 0.375 e. The van der Waals surface area contributed by atoms with Gasteiger partial charge in [0.2, 0.25) is 0 Å². The van der Waals surface area contributed by atoms with E-state index in [-0.39, 0.29) is 5.78 Å². The summed E-state index contributed by atoms with van der Waals surface area (Å²) in [6.07, 6.45) is 0. The molecule has 2 N–H and O–H groups in total. The summed E-state index contributed by atoms with van der Waals surface area (Å²) in [5.74, 6) is 0.0688. The molecule has 0 saturated heterocycles. The van der Waals surface area contributed by atoms with Crippen molar-refractivity contribution >= 4 is 22.3 Å². The molecule has 0 unspecified atom stereocenters. The standard InChI is InChI=1S/C11H10N2OS/c1-7(14)8-2-4-9(5-3-8)10-6-15-11(12)13-10/h2-6H,1H3,(H2,12,13). The fourth-order valence-electron chi connectivity index (χ4n) is 1.30. The number of thiazole rings is 1. The second-order valence-electron chi connectivity index (χ2n) is 3.20. The van der Waals surface area contributed by atoms with Crippen molar-refractivity contribution in [1.29, 1.82) is 0 Å². The maximum atomic E-state index is 11.1. The highest BCUT2D eigenvalue weighted by atomic mass is 32.1. The SMILES string of the molecule is CC(=O)c1ccc(-c2csc(N)n2)cc1. The molecule has 4 heteroatoms. The first-order valence-corrected chi connectivity index (χ1v) is 5.37. The Hall–Kier alpha value is -1.68. The molecule has 0 atom stereocenters. The number of rotatable bonds is 2. The number of carbonyl (C=O) groups excluding carboxylic acids is 1. The van der Waals surface area contributed by atoms with Crippen LogP contribution in [0.25, 0.3) is 11.3 Å². The summed E-state index contributed by atoms with van der Waals surface area (Å²) < 4.78 is 0. The number of anilines is 1. The molecular formula is C11H10N2OS. The topological polar surface area (TPSA) is 56.0 Å². The highest BCUT2D eigenvalue weighted by Gasteiger charge is 2.03. The lowest BCUT2D eigenvalue weighted by atomic mass is 10.1. The highest BCUT2D eigenvalue weighted by molar-refractivity contribution is 7.13. The van der Waals surface area contributed by atoms with Gasteiger partial charge in [-0.3, -0.25) is 4.79 Å². The Morgan fingerprint density at radius 3 is 2.47 bits per heavy atom. The fourth-order valence-corrected chi connectivity index (χ4v) is 1.87. The van der Waals surface area contributed by atoms with Crippen molar-refractivity contribution in [3.05, 3.63) is 35.2 Å². The predicted molar refractivity (Wildman–Crippen MR) is 62.0 cm³/mol. The first-order chi connectivity index (χ1) is 7.16. The third kappa shape index (κ3) is 2.05. The first kappa shape index (κ1) is 9.86. The lowest BCUT2D eigenvalue weighted by molar-refractivity contribution is 0.101. The quantitative estimate of drug-likeness (QED) is 0.788. The number of benzene rings is 1. The maximum absolute atomic E-state index is 11.1. The van der Waals surface area contributed by atoms with Gasteiger partial charge in [0.05, 0.1) is 5.69 Å². The van der Waals surface area contributed by atoms with Gasteiger partial charge in [-0.1, -0.05) is 24.3 Å². The molecule has 2 rings (SSSR count). The summed E-state index contributed by atoms with van der Waals surface area (Å²) >= 11 is 1.41. The van der Waals surface area contributed by atoms with Gasteiger partial charge < -0.3 is 5.73 Å². The van der Waals surface area contributed by atoms with E-state index in [0.717, 1.165) is 11.3 Å². The number of Topliss-reactive ketones (excluding diaryl/α,β-unsaturated/α-hetero) is 1. The molecule has 2 aromatic rings. The predicted octanol–water partition coefficient (Wildman–Crippen LogP) is 2.59. The molecule has 0 bridgehead atoms. The Morgan fingerprint density at radius 2 is 2.00 bits per heavy atom. The van der Waals surface area contributed by atoms with Crippen LogP contribution in [0.1, 0.15) is 17.3 Å². The van der Waals surface area contributed by atoms with Crippen molar-refractivity contribution < 1.29 is 4.79 Å². The van der Waals surface area contributed by atoms with Gasteiger partial charge in [0.15, 0.2) is 10.9 Å². The van der Waals surface area contributed by atoms with Crippen LogP contribution in [0.5, 0.6) is 0 Å². The van der Waals surface area contributed by atoms with Crippen molar-refractivity contribution in [2.24, 2.45) is 0 Å². The van der Waals surface area contributed by atoms with Gasteiger partial charge >= 0.3 is 0 Å². The van der Waals surface area contributed by atoms with Gasteiger partial charge in [-0.05, 0) is 6.92 Å². The molecule has 3 nitrogen and oxygen atoms in total. The molecule has 0 spiro atoms. The molecule has 0 amide bonds. The number of carbonyl (C=O) groups is 1. The molecule has 0 saturated carbocycles. The van der Waals surface area contributed by atoms with Crippen LogP contribution in [-0.4, -0.2) is 10.8 Å². The van der Waals surface area contributed by atoms with Gasteiger partial charge in [-0.25, -0.2) is 4.98 Å². The van der Waals surface area contributed by atoms with E-state index in [0.29, 0.717) is 10.7 Å². The summed E-state index contributed by atoms with van der Waals surface area (Å²) in [5.41, 5.74) is 8.09. The smallest absolute Gasteiger partial charge is 0.180 e. The van der Waals surface area contributed by atoms with Gasteiger partial charge in [-0.15, -0.1) is 11.3 Å². The summed E-state index contributed by atoms with van der Waals surface area (Å²) in [4.78, 5) is 15.2. The normalized spacial score (nSPS) is 10.2. The molecule has 1 heterocycles. The first-order valence-electron chi connectivity index (χ1n) is 4.49.